The summed E-state index contributed by atoms with van der Waals surface area (Å²) in [4.78, 5) is 11.8. The molecule has 0 aromatic heterocycles. The molecule has 0 unspecified atom stereocenters. The summed E-state index contributed by atoms with van der Waals surface area (Å²) in [5.74, 6) is 0.234. The van der Waals surface area contributed by atoms with Crippen molar-refractivity contribution in [2.75, 3.05) is 0 Å². The Morgan fingerprint density at radius 3 is 2.47 bits per heavy atom. The van der Waals surface area contributed by atoms with E-state index < -0.39 is 0 Å². The number of aromatic hydroxyl groups is 1. The predicted octanol–water partition coefficient (Wildman–Crippen LogP) is 2.56. The Bertz CT molecular complexity index is 561. The van der Waals surface area contributed by atoms with Crippen LogP contribution in [0.2, 0.25) is 0 Å². The van der Waals surface area contributed by atoms with Crippen molar-refractivity contribution in [3.63, 3.8) is 0 Å². The predicted molar refractivity (Wildman–Crippen MR) is 74.8 cm³/mol. The third-order valence-corrected chi connectivity index (χ3v) is 3.04. The Labute approximate surface area is 112 Å². The lowest BCUT2D eigenvalue weighted by molar-refractivity contribution is -0.120. The van der Waals surface area contributed by atoms with E-state index in [-0.39, 0.29) is 11.7 Å². The Morgan fingerprint density at radius 2 is 1.79 bits per heavy atom. The lowest BCUT2D eigenvalue weighted by Gasteiger charge is -2.07. The number of nitrogens with one attached hydrogen (secondary N) is 1. The summed E-state index contributed by atoms with van der Waals surface area (Å²) in [6.07, 6.45) is 0.394. The van der Waals surface area contributed by atoms with Gasteiger partial charge in [-0.25, -0.2) is 0 Å². The van der Waals surface area contributed by atoms with E-state index in [4.69, 9.17) is 0 Å². The molecule has 1 amide bonds. The summed E-state index contributed by atoms with van der Waals surface area (Å²) >= 11 is 0. The molecule has 0 aliphatic heterocycles. The largest absolute Gasteiger partial charge is 0.508 e. The number of phenols is 1. The fourth-order valence-electron chi connectivity index (χ4n) is 1.86. The highest BCUT2D eigenvalue weighted by atomic mass is 16.3. The van der Waals surface area contributed by atoms with Gasteiger partial charge < -0.3 is 10.4 Å². The van der Waals surface area contributed by atoms with Crippen LogP contribution >= 0.6 is 0 Å². The number of rotatable bonds is 4. The summed E-state index contributed by atoms with van der Waals surface area (Å²) in [6, 6.07) is 14.7. The average molecular weight is 255 g/mol. The van der Waals surface area contributed by atoms with E-state index in [1.54, 1.807) is 24.3 Å². The van der Waals surface area contributed by atoms with Crippen molar-refractivity contribution in [3.8, 4) is 5.75 Å². The first-order chi connectivity index (χ1) is 9.15. The van der Waals surface area contributed by atoms with Crippen LogP contribution in [-0.4, -0.2) is 11.0 Å². The number of aryl methyl sites for hydroxylation is 1. The van der Waals surface area contributed by atoms with Gasteiger partial charge in [0.05, 0.1) is 6.42 Å². The molecule has 98 valence electrons. The average Bonchev–Trinajstić information content (AvgIpc) is 2.41. The molecule has 2 aromatic rings. The Morgan fingerprint density at radius 1 is 1.11 bits per heavy atom. The second-order valence-corrected chi connectivity index (χ2v) is 4.55. The molecule has 0 aliphatic rings. The standard InChI is InChI=1S/C16H17NO2/c1-12-4-2-3-5-14(12)10-16(19)17-11-13-6-8-15(18)9-7-13/h2-9,18H,10-11H2,1H3,(H,17,19). The third-order valence-electron chi connectivity index (χ3n) is 3.04. The Kier molecular flexibility index (Phi) is 4.18. The minimum atomic E-state index is 0.00220. The monoisotopic (exact) mass is 255 g/mol. The second kappa shape index (κ2) is 6.05. The number of phenolic OH excluding ortho intramolecular Hbond substituents is 1. The molecule has 19 heavy (non-hydrogen) atoms. The van der Waals surface area contributed by atoms with Crippen molar-refractivity contribution in [1.82, 2.24) is 5.32 Å². The highest BCUT2D eigenvalue weighted by Crippen LogP contribution is 2.10. The Balaban J connectivity index is 1.88. The molecule has 3 nitrogen and oxygen atoms in total. The van der Waals surface area contributed by atoms with Crippen LogP contribution in [0.3, 0.4) is 0 Å². The van der Waals surface area contributed by atoms with E-state index in [2.05, 4.69) is 5.32 Å². The first-order valence-electron chi connectivity index (χ1n) is 6.24. The molecule has 0 saturated carbocycles. The molecule has 0 spiro atoms. The zero-order valence-electron chi connectivity index (χ0n) is 10.9. The summed E-state index contributed by atoms with van der Waals surface area (Å²) in [6.45, 7) is 2.48. The van der Waals surface area contributed by atoms with Crippen LogP contribution in [0.5, 0.6) is 5.75 Å². The number of hydrogen-bond acceptors (Lipinski definition) is 2. The van der Waals surface area contributed by atoms with Crippen LogP contribution < -0.4 is 5.32 Å². The van der Waals surface area contributed by atoms with Crippen molar-refractivity contribution in [3.05, 3.63) is 65.2 Å². The topological polar surface area (TPSA) is 49.3 Å². The quantitative estimate of drug-likeness (QED) is 0.882. The van der Waals surface area contributed by atoms with Crippen molar-refractivity contribution in [1.29, 1.82) is 0 Å². The lowest BCUT2D eigenvalue weighted by Crippen LogP contribution is -2.24. The van der Waals surface area contributed by atoms with Gasteiger partial charge in [0.15, 0.2) is 0 Å². The molecule has 2 aromatic carbocycles. The number of carbonyl (C=O) groups excluding carboxylic acids is 1. The van der Waals surface area contributed by atoms with Crippen LogP contribution in [0.1, 0.15) is 16.7 Å². The summed E-state index contributed by atoms with van der Waals surface area (Å²) in [5, 5.41) is 12.0. The highest BCUT2D eigenvalue weighted by Gasteiger charge is 2.05. The maximum Gasteiger partial charge on any atom is 0.224 e. The van der Waals surface area contributed by atoms with Crippen molar-refractivity contribution < 1.29 is 9.90 Å². The number of amides is 1. The van der Waals surface area contributed by atoms with E-state index in [0.717, 1.165) is 16.7 Å². The van der Waals surface area contributed by atoms with Gasteiger partial charge in [0.1, 0.15) is 5.75 Å². The van der Waals surface area contributed by atoms with Gasteiger partial charge in [-0.05, 0) is 35.7 Å². The van der Waals surface area contributed by atoms with Gasteiger partial charge in [-0.3, -0.25) is 4.79 Å². The molecule has 2 N–H and O–H groups in total. The number of benzene rings is 2. The van der Waals surface area contributed by atoms with Crippen molar-refractivity contribution in [2.45, 2.75) is 19.9 Å². The highest BCUT2D eigenvalue weighted by molar-refractivity contribution is 5.78. The molecule has 0 atom stereocenters. The molecule has 0 heterocycles. The molecule has 0 aliphatic carbocycles. The minimum absolute atomic E-state index is 0.00220. The molecule has 0 saturated heterocycles. The Hall–Kier alpha value is -2.29. The van der Waals surface area contributed by atoms with Gasteiger partial charge in [-0.15, -0.1) is 0 Å². The van der Waals surface area contributed by atoms with E-state index in [1.165, 1.54) is 0 Å². The van der Waals surface area contributed by atoms with Gasteiger partial charge in [-0.1, -0.05) is 36.4 Å². The lowest BCUT2D eigenvalue weighted by atomic mass is 10.1. The van der Waals surface area contributed by atoms with Gasteiger partial charge >= 0.3 is 0 Å². The van der Waals surface area contributed by atoms with E-state index >= 15 is 0 Å². The molecule has 0 fully saturated rings. The SMILES string of the molecule is Cc1ccccc1CC(=O)NCc1ccc(O)cc1. The molecular formula is C16H17NO2. The van der Waals surface area contributed by atoms with Gasteiger partial charge in [-0.2, -0.15) is 0 Å². The van der Waals surface area contributed by atoms with Crippen molar-refractivity contribution >= 4 is 5.91 Å². The molecule has 0 bridgehead atoms. The van der Waals surface area contributed by atoms with Crippen molar-refractivity contribution in [2.24, 2.45) is 0 Å². The van der Waals surface area contributed by atoms with E-state index in [0.29, 0.717) is 13.0 Å². The van der Waals surface area contributed by atoms with Crippen LogP contribution in [0.25, 0.3) is 0 Å². The van der Waals surface area contributed by atoms with Crippen LogP contribution in [0, 0.1) is 6.92 Å². The van der Waals surface area contributed by atoms with E-state index in [1.807, 2.05) is 31.2 Å². The maximum absolute atomic E-state index is 11.8. The number of hydrogen-bond donors (Lipinski definition) is 2. The molecule has 3 heteroatoms. The summed E-state index contributed by atoms with van der Waals surface area (Å²) in [5.41, 5.74) is 3.14. The first-order valence-corrected chi connectivity index (χ1v) is 6.24. The normalized spacial score (nSPS) is 10.2. The van der Waals surface area contributed by atoms with Gasteiger partial charge in [0.2, 0.25) is 5.91 Å². The maximum atomic E-state index is 11.8. The fourth-order valence-corrected chi connectivity index (χ4v) is 1.86. The second-order valence-electron chi connectivity index (χ2n) is 4.55. The van der Waals surface area contributed by atoms with Crippen LogP contribution in [-0.2, 0) is 17.8 Å². The smallest absolute Gasteiger partial charge is 0.224 e. The zero-order valence-corrected chi connectivity index (χ0v) is 10.9. The first kappa shape index (κ1) is 13.1. The summed E-state index contributed by atoms with van der Waals surface area (Å²) < 4.78 is 0. The van der Waals surface area contributed by atoms with E-state index in [9.17, 15) is 9.90 Å². The van der Waals surface area contributed by atoms with Crippen LogP contribution in [0.4, 0.5) is 0 Å². The summed E-state index contributed by atoms with van der Waals surface area (Å²) in [7, 11) is 0. The van der Waals surface area contributed by atoms with Crippen LogP contribution in [0.15, 0.2) is 48.5 Å². The van der Waals surface area contributed by atoms with Gasteiger partial charge in [0.25, 0.3) is 0 Å². The molecular weight excluding hydrogens is 238 g/mol. The molecule has 0 radical (unpaired) electrons. The number of carbonyl (C=O) groups is 1. The van der Waals surface area contributed by atoms with Gasteiger partial charge in [0, 0.05) is 6.54 Å². The third kappa shape index (κ3) is 3.85. The zero-order chi connectivity index (χ0) is 13.7. The molecule has 2 rings (SSSR count). The minimum Gasteiger partial charge on any atom is -0.508 e. The fraction of sp³-hybridized carbons (Fsp3) is 0.188.